The topological polar surface area (TPSA) is 84.6 Å². The lowest BCUT2D eigenvalue weighted by Gasteiger charge is -2.14. The first-order valence-corrected chi connectivity index (χ1v) is 12.0. The third kappa shape index (κ3) is 7.61. The van der Waals surface area contributed by atoms with Gasteiger partial charge >= 0.3 is 5.97 Å². The molecule has 1 unspecified atom stereocenters. The molecule has 0 amide bonds. The fourth-order valence-corrected chi connectivity index (χ4v) is 4.21. The zero-order valence-electron chi connectivity index (χ0n) is 18.5. The van der Waals surface area contributed by atoms with E-state index in [9.17, 15) is 9.90 Å². The molecule has 0 saturated heterocycles. The van der Waals surface area contributed by atoms with E-state index in [0.717, 1.165) is 25.8 Å². The highest BCUT2D eigenvalue weighted by molar-refractivity contribution is 6.38. The second kappa shape index (κ2) is 12.8. The number of nitrogen functional groups attached to an aromatic ring is 1. The van der Waals surface area contributed by atoms with Crippen LogP contribution in [0.4, 0.5) is 5.69 Å². The Bertz CT molecular complexity index is 1050. The van der Waals surface area contributed by atoms with E-state index in [1.807, 2.05) is 18.2 Å². The van der Waals surface area contributed by atoms with Crippen molar-refractivity contribution < 1.29 is 14.6 Å². The monoisotopic (exact) mass is 488 g/mol. The number of aliphatic hydroxyl groups is 1. The number of anilines is 1. The molecule has 33 heavy (non-hydrogen) atoms. The van der Waals surface area contributed by atoms with Crippen LogP contribution in [0.5, 0.6) is 0 Å². The number of carbonyl (C=O) groups is 1. The van der Waals surface area contributed by atoms with Crippen molar-refractivity contribution in [3.8, 4) is 0 Å². The highest BCUT2D eigenvalue weighted by atomic mass is 35.5. The Kier molecular flexibility index (Phi) is 9.82. The quantitative estimate of drug-likeness (QED) is 0.173. The Morgan fingerprint density at radius 2 is 1.76 bits per heavy atom. The smallest absolute Gasteiger partial charge is 0.305 e. The lowest BCUT2D eigenvalue weighted by atomic mass is 10.0. The molecule has 0 aliphatic heterocycles. The molecule has 3 aromatic carbocycles. The molecule has 7 heteroatoms. The summed E-state index contributed by atoms with van der Waals surface area (Å²) in [5, 5.41) is 16.6. The second-order valence-electron chi connectivity index (χ2n) is 8.04. The minimum atomic E-state index is -0.725. The number of fused-ring (bicyclic) bond motifs is 1. The molecule has 4 N–H and O–H groups in total. The van der Waals surface area contributed by atoms with Crippen LogP contribution >= 0.6 is 23.2 Å². The summed E-state index contributed by atoms with van der Waals surface area (Å²) in [5.74, 6) is -0.157. The Morgan fingerprint density at radius 1 is 1.03 bits per heavy atom. The molecule has 0 aliphatic carbocycles. The average molecular weight is 489 g/mol. The average Bonchev–Trinajstić information content (AvgIpc) is 2.81. The Hall–Kier alpha value is -2.31. The molecule has 0 fully saturated rings. The van der Waals surface area contributed by atoms with Gasteiger partial charge in [-0.3, -0.25) is 4.79 Å². The molecule has 0 aliphatic rings. The first-order chi connectivity index (χ1) is 16.0. The number of hydrogen-bond donors (Lipinski definition) is 3. The van der Waals surface area contributed by atoms with Gasteiger partial charge in [-0.1, -0.05) is 72.1 Å². The molecule has 0 spiro atoms. The predicted octanol–water partition coefficient (Wildman–Crippen LogP) is 5.70. The lowest BCUT2D eigenvalue weighted by Crippen LogP contribution is -2.22. The lowest BCUT2D eigenvalue weighted by molar-refractivity contribution is -0.143. The highest BCUT2D eigenvalue weighted by Crippen LogP contribution is 2.31. The summed E-state index contributed by atoms with van der Waals surface area (Å²) in [5.41, 5.74) is 7.85. The maximum absolute atomic E-state index is 12.0. The zero-order valence-corrected chi connectivity index (χ0v) is 20.0. The van der Waals surface area contributed by atoms with Crippen LogP contribution < -0.4 is 11.1 Å². The molecule has 176 valence electrons. The van der Waals surface area contributed by atoms with Crippen molar-refractivity contribution in [2.45, 2.75) is 38.2 Å². The summed E-state index contributed by atoms with van der Waals surface area (Å²) in [6.45, 7) is 1.52. The van der Waals surface area contributed by atoms with Gasteiger partial charge in [0.15, 0.2) is 0 Å². The van der Waals surface area contributed by atoms with E-state index in [4.69, 9.17) is 33.7 Å². The van der Waals surface area contributed by atoms with E-state index in [2.05, 4.69) is 29.6 Å². The summed E-state index contributed by atoms with van der Waals surface area (Å²) in [4.78, 5) is 12.0. The molecule has 1 atom stereocenters. The molecule has 3 aromatic rings. The van der Waals surface area contributed by atoms with Crippen molar-refractivity contribution in [2.75, 3.05) is 25.4 Å². The summed E-state index contributed by atoms with van der Waals surface area (Å²) >= 11 is 12.0. The van der Waals surface area contributed by atoms with Crippen LogP contribution in [0.3, 0.4) is 0 Å². The van der Waals surface area contributed by atoms with Crippen LogP contribution in [0.25, 0.3) is 10.8 Å². The number of benzene rings is 3. The zero-order chi connectivity index (χ0) is 23.6. The van der Waals surface area contributed by atoms with Crippen molar-refractivity contribution in [1.82, 2.24) is 5.32 Å². The predicted molar refractivity (Wildman–Crippen MR) is 136 cm³/mol. The number of rotatable bonds is 12. The SMILES string of the molecule is Nc1c(Cl)cc(C(O)CNCCCCCC(=O)OCCc2cccc3ccccc23)cc1Cl. The highest BCUT2D eigenvalue weighted by Gasteiger charge is 2.12. The third-order valence-electron chi connectivity index (χ3n) is 5.57. The Morgan fingerprint density at radius 3 is 2.55 bits per heavy atom. The number of hydrogen-bond acceptors (Lipinski definition) is 5. The minimum absolute atomic E-state index is 0.157. The number of nitrogens with two attached hydrogens (primary N) is 1. The fraction of sp³-hybridized carbons (Fsp3) is 0.346. The first kappa shape index (κ1) is 25.3. The van der Waals surface area contributed by atoms with E-state index in [-0.39, 0.29) is 5.97 Å². The number of carbonyl (C=O) groups excluding carboxylic acids is 1. The molecule has 0 heterocycles. The van der Waals surface area contributed by atoms with Gasteiger partial charge in [0.05, 0.1) is 28.4 Å². The molecule has 3 rings (SSSR count). The third-order valence-corrected chi connectivity index (χ3v) is 6.20. The van der Waals surface area contributed by atoms with Gasteiger partial charge in [0, 0.05) is 19.4 Å². The minimum Gasteiger partial charge on any atom is -0.465 e. The van der Waals surface area contributed by atoms with Crippen molar-refractivity contribution >= 4 is 45.6 Å². The van der Waals surface area contributed by atoms with Crippen LogP contribution in [-0.2, 0) is 16.0 Å². The van der Waals surface area contributed by atoms with Crippen LogP contribution in [-0.4, -0.2) is 30.8 Å². The van der Waals surface area contributed by atoms with Crippen LogP contribution in [0.1, 0.15) is 42.9 Å². The number of unbranched alkanes of at least 4 members (excludes halogenated alkanes) is 2. The van der Waals surface area contributed by atoms with Crippen LogP contribution in [0, 0.1) is 0 Å². The van der Waals surface area contributed by atoms with E-state index >= 15 is 0 Å². The van der Waals surface area contributed by atoms with Gasteiger partial charge < -0.3 is 20.9 Å². The molecule has 0 aromatic heterocycles. The summed E-state index contributed by atoms with van der Waals surface area (Å²) in [6.07, 6.45) is 2.99. The maximum Gasteiger partial charge on any atom is 0.305 e. The van der Waals surface area contributed by atoms with Gasteiger partial charge in [-0.05, 0) is 53.4 Å². The summed E-state index contributed by atoms with van der Waals surface area (Å²) in [7, 11) is 0. The van der Waals surface area contributed by atoms with Crippen molar-refractivity contribution in [3.63, 3.8) is 0 Å². The van der Waals surface area contributed by atoms with Gasteiger partial charge in [0.25, 0.3) is 0 Å². The normalized spacial score (nSPS) is 12.1. The molecular weight excluding hydrogens is 459 g/mol. The fourth-order valence-electron chi connectivity index (χ4n) is 3.71. The number of esters is 1. The maximum atomic E-state index is 12.0. The number of halogens is 2. The number of aliphatic hydroxyl groups excluding tert-OH is 1. The van der Waals surface area contributed by atoms with Gasteiger partial charge in [0.1, 0.15) is 0 Å². The summed E-state index contributed by atoms with van der Waals surface area (Å²) in [6, 6.07) is 17.7. The van der Waals surface area contributed by atoms with E-state index in [1.54, 1.807) is 12.1 Å². The Balaban J connectivity index is 1.26. The molecule has 0 saturated carbocycles. The van der Waals surface area contributed by atoms with E-state index in [0.29, 0.717) is 47.3 Å². The number of ether oxygens (including phenoxy) is 1. The van der Waals surface area contributed by atoms with Crippen molar-refractivity contribution in [3.05, 3.63) is 75.8 Å². The molecule has 0 bridgehead atoms. The van der Waals surface area contributed by atoms with Crippen molar-refractivity contribution in [2.24, 2.45) is 0 Å². The molecule has 5 nitrogen and oxygen atoms in total. The van der Waals surface area contributed by atoms with Gasteiger partial charge in [-0.2, -0.15) is 0 Å². The Labute approximate surface area is 204 Å². The molecular formula is C26H30Cl2N2O3. The summed E-state index contributed by atoms with van der Waals surface area (Å²) < 4.78 is 5.41. The van der Waals surface area contributed by atoms with Gasteiger partial charge in [0.2, 0.25) is 0 Å². The van der Waals surface area contributed by atoms with Crippen LogP contribution in [0.2, 0.25) is 10.0 Å². The first-order valence-electron chi connectivity index (χ1n) is 11.2. The van der Waals surface area contributed by atoms with Crippen molar-refractivity contribution in [1.29, 1.82) is 0 Å². The number of nitrogens with one attached hydrogen (secondary N) is 1. The molecule has 0 radical (unpaired) electrons. The largest absolute Gasteiger partial charge is 0.465 e. The van der Waals surface area contributed by atoms with E-state index < -0.39 is 6.10 Å². The van der Waals surface area contributed by atoms with Gasteiger partial charge in [-0.15, -0.1) is 0 Å². The van der Waals surface area contributed by atoms with Gasteiger partial charge in [-0.25, -0.2) is 0 Å². The van der Waals surface area contributed by atoms with Crippen LogP contribution in [0.15, 0.2) is 54.6 Å². The van der Waals surface area contributed by atoms with E-state index in [1.165, 1.54) is 16.3 Å². The standard InChI is InChI=1S/C26H30Cl2N2O3/c27-22-15-20(16-23(28)26(22)29)24(31)17-30-13-5-1-2-11-25(32)33-14-12-19-9-6-8-18-7-3-4-10-21(18)19/h3-4,6-10,15-16,24,30-31H,1-2,5,11-14,17,29H2. The second-order valence-corrected chi connectivity index (χ2v) is 8.85.